The molecule has 0 atom stereocenters. The molecule has 0 aliphatic carbocycles. The predicted molar refractivity (Wildman–Crippen MR) is 95.7 cm³/mol. The summed E-state index contributed by atoms with van der Waals surface area (Å²) in [6, 6.07) is 8.40. The van der Waals surface area contributed by atoms with Crippen LogP contribution in [0.1, 0.15) is 56.6 Å². The van der Waals surface area contributed by atoms with Crippen molar-refractivity contribution in [3.05, 3.63) is 41.5 Å². The van der Waals surface area contributed by atoms with Crippen molar-refractivity contribution in [2.45, 2.75) is 45.4 Å². The highest BCUT2D eigenvalue weighted by molar-refractivity contribution is 5.78. The quantitative estimate of drug-likeness (QED) is 0.860. The van der Waals surface area contributed by atoms with Gasteiger partial charge in [0.2, 0.25) is 5.91 Å². The van der Waals surface area contributed by atoms with E-state index in [2.05, 4.69) is 38.1 Å². The zero-order chi connectivity index (χ0) is 17.5. The Bertz CT molecular complexity index is 581. The molecule has 1 heterocycles. The summed E-state index contributed by atoms with van der Waals surface area (Å²) >= 11 is 0. The maximum absolute atomic E-state index is 12.2. The number of hydrogen-bond donors (Lipinski definition) is 1. The number of rotatable bonds is 6. The highest BCUT2D eigenvalue weighted by atomic mass is 16.4. The summed E-state index contributed by atoms with van der Waals surface area (Å²) in [6.45, 7) is 5.69. The monoisotopic (exact) mass is 329 g/mol. The fraction of sp³-hybridized carbons (Fsp3) is 0.500. The second-order valence-electron chi connectivity index (χ2n) is 6.85. The van der Waals surface area contributed by atoms with Crippen LogP contribution < -0.4 is 0 Å². The fourth-order valence-corrected chi connectivity index (χ4v) is 3.05. The van der Waals surface area contributed by atoms with Gasteiger partial charge in [-0.3, -0.25) is 9.59 Å². The van der Waals surface area contributed by atoms with Crippen LogP contribution in [-0.4, -0.2) is 35.0 Å². The maximum atomic E-state index is 12.2. The lowest BCUT2D eigenvalue weighted by atomic mass is 9.93. The standard InChI is InChI=1S/C20H27NO3/c1-15(2)18-8-6-16(7-9-18)4-3-5-19(22)21-12-10-17(11-13-21)14-20(23)24/h3-4,6-9,15,17H,5,10-14H2,1-2H3,(H,23,24)/b4-3+. The molecule has 1 amide bonds. The lowest BCUT2D eigenvalue weighted by Crippen LogP contribution is -2.38. The molecule has 0 aromatic heterocycles. The molecule has 0 spiro atoms. The topological polar surface area (TPSA) is 57.6 Å². The number of hydrogen-bond acceptors (Lipinski definition) is 2. The van der Waals surface area contributed by atoms with Gasteiger partial charge in [0.05, 0.1) is 0 Å². The van der Waals surface area contributed by atoms with Crippen LogP contribution in [0.5, 0.6) is 0 Å². The number of likely N-dealkylation sites (tertiary alicyclic amines) is 1. The molecule has 1 N–H and O–H groups in total. The van der Waals surface area contributed by atoms with Crippen LogP contribution in [0.3, 0.4) is 0 Å². The van der Waals surface area contributed by atoms with Crippen molar-refractivity contribution in [3.63, 3.8) is 0 Å². The number of benzene rings is 1. The number of amides is 1. The molecule has 4 heteroatoms. The van der Waals surface area contributed by atoms with E-state index in [0.717, 1.165) is 18.4 Å². The first kappa shape index (κ1) is 18.2. The van der Waals surface area contributed by atoms with E-state index < -0.39 is 5.97 Å². The van der Waals surface area contributed by atoms with Gasteiger partial charge in [0.1, 0.15) is 0 Å². The summed E-state index contributed by atoms with van der Waals surface area (Å²) in [4.78, 5) is 24.8. The van der Waals surface area contributed by atoms with Gasteiger partial charge in [-0.1, -0.05) is 50.3 Å². The van der Waals surface area contributed by atoms with Gasteiger partial charge >= 0.3 is 5.97 Å². The Labute approximate surface area is 144 Å². The average Bonchev–Trinajstić information content (AvgIpc) is 2.55. The summed E-state index contributed by atoms with van der Waals surface area (Å²) in [7, 11) is 0. The highest BCUT2D eigenvalue weighted by Crippen LogP contribution is 2.21. The van der Waals surface area contributed by atoms with Gasteiger partial charge in [0, 0.05) is 25.9 Å². The minimum atomic E-state index is -0.744. The Morgan fingerprint density at radius 1 is 1.21 bits per heavy atom. The number of carboxylic acid groups (broad SMARTS) is 1. The smallest absolute Gasteiger partial charge is 0.303 e. The van der Waals surface area contributed by atoms with E-state index in [1.807, 2.05) is 17.1 Å². The molecule has 1 aromatic carbocycles. The lowest BCUT2D eigenvalue weighted by molar-refractivity contribution is -0.138. The molecule has 24 heavy (non-hydrogen) atoms. The zero-order valence-electron chi connectivity index (χ0n) is 14.6. The number of piperidine rings is 1. The van der Waals surface area contributed by atoms with Gasteiger partial charge in [-0.05, 0) is 35.8 Å². The SMILES string of the molecule is CC(C)c1ccc(/C=C/CC(=O)N2CCC(CC(=O)O)CC2)cc1. The number of carbonyl (C=O) groups excluding carboxylic acids is 1. The number of carboxylic acids is 1. The van der Waals surface area contributed by atoms with Crippen molar-refractivity contribution < 1.29 is 14.7 Å². The summed E-state index contributed by atoms with van der Waals surface area (Å²) in [5, 5.41) is 8.82. The fourth-order valence-electron chi connectivity index (χ4n) is 3.05. The molecular formula is C20H27NO3. The van der Waals surface area contributed by atoms with E-state index in [-0.39, 0.29) is 18.2 Å². The van der Waals surface area contributed by atoms with Crippen LogP contribution in [0.25, 0.3) is 6.08 Å². The molecule has 1 aromatic rings. The summed E-state index contributed by atoms with van der Waals surface area (Å²) in [6.07, 6.45) is 6.09. The van der Waals surface area contributed by atoms with Crippen molar-refractivity contribution in [2.75, 3.05) is 13.1 Å². The van der Waals surface area contributed by atoms with Crippen molar-refractivity contribution in [1.29, 1.82) is 0 Å². The molecule has 4 nitrogen and oxygen atoms in total. The Hall–Kier alpha value is -2.10. The van der Waals surface area contributed by atoms with Crippen LogP contribution in [0, 0.1) is 5.92 Å². The van der Waals surface area contributed by atoms with Crippen molar-refractivity contribution in [1.82, 2.24) is 4.90 Å². The van der Waals surface area contributed by atoms with Crippen molar-refractivity contribution >= 4 is 18.0 Å². The van der Waals surface area contributed by atoms with E-state index in [4.69, 9.17) is 5.11 Å². The molecule has 0 saturated carbocycles. The minimum absolute atomic E-state index is 0.124. The Kier molecular flexibility index (Phi) is 6.59. The third-order valence-electron chi connectivity index (χ3n) is 4.64. The van der Waals surface area contributed by atoms with Crippen LogP contribution in [0.15, 0.2) is 30.3 Å². The largest absolute Gasteiger partial charge is 0.481 e. The molecule has 0 bridgehead atoms. The first-order valence-corrected chi connectivity index (χ1v) is 8.71. The molecule has 1 aliphatic rings. The summed E-state index contributed by atoms with van der Waals surface area (Å²) in [5.41, 5.74) is 2.42. The van der Waals surface area contributed by atoms with Crippen molar-refractivity contribution in [3.8, 4) is 0 Å². The normalized spacial score (nSPS) is 16.0. The van der Waals surface area contributed by atoms with Crippen LogP contribution in [0.2, 0.25) is 0 Å². The lowest BCUT2D eigenvalue weighted by Gasteiger charge is -2.31. The maximum Gasteiger partial charge on any atom is 0.303 e. The average molecular weight is 329 g/mol. The summed E-state index contributed by atoms with van der Waals surface area (Å²) < 4.78 is 0. The highest BCUT2D eigenvalue weighted by Gasteiger charge is 2.23. The molecule has 1 aliphatic heterocycles. The second-order valence-corrected chi connectivity index (χ2v) is 6.85. The molecule has 130 valence electrons. The van der Waals surface area contributed by atoms with E-state index in [9.17, 15) is 9.59 Å². The number of carbonyl (C=O) groups is 2. The predicted octanol–water partition coefficient (Wildman–Crippen LogP) is 3.93. The second kappa shape index (κ2) is 8.67. The number of aliphatic carboxylic acids is 1. The van der Waals surface area contributed by atoms with Crippen LogP contribution in [-0.2, 0) is 9.59 Å². The van der Waals surface area contributed by atoms with E-state index in [1.165, 1.54) is 5.56 Å². The third-order valence-corrected chi connectivity index (χ3v) is 4.64. The van der Waals surface area contributed by atoms with Gasteiger partial charge in [-0.25, -0.2) is 0 Å². The van der Waals surface area contributed by atoms with Gasteiger partial charge in [0.15, 0.2) is 0 Å². The van der Waals surface area contributed by atoms with E-state index in [0.29, 0.717) is 25.4 Å². The first-order chi connectivity index (χ1) is 11.5. The first-order valence-electron chi connectivity index (χ1n) is 8.71. The van der Waals surface area contributed by atoms with Crippen molar-refractivity contribution in [2.24, 2.45) is 5.92 Å². The summed E-state index contributed by atoms with van der Waals surface area (Å²) in [5.74, 6) is 0.111. The van der Waals surface area contributed by atoms with Gasteiger partial charge in [0.25, 0.3) is 0 Å². The molecule has 1 saturated heterocycles. The van der Waals surface area contributed by atoms with Gasteiger partial charge in [-0.15, -0.1) is 0 Å². The molecule has 0 radical (unpaired) electrons. The Morgan fingerprint density at radius 2 is 1.83 bits per heavy atom. The van der Waals surface area contributed by atoms with Gasteiger partial charge < -0.3 is 10.0 Å². The zero-order valence-corrected chi connectivity index (χ0v) is 14.6. The minimum Gasteiger partial charge on any atom is -0.481 e. The van der Waals surface area contributed by atoms with E-state index in [1.54, 1.807) is 0 Å². The molecular weight excluding hydrogens is 302 g/mol. The molecule has 0 unspecified atom stereocenters. The Morgan fingerprint density at radius 3 is 2.38 bits per heavy atom. The third kappa shape index (κ3) is 5.52. The van der Waals surface area contributed by atoms with E-state index >= 15 is 0 Å². The van der Waals surface area contributed by atoms with Gasteiger partial charge in [-0.2, -0.15) is 0 Å². The molecule has 1 fully saturated rings. The van der Waals surface area contributed by atoms with Crippen LogP contribution in [0.4, 0.5) is 0 Å². The Balaban J connectivity index is 1.77. The number of nitrogens with zero attached hydrogens (tertiary/aromatic N) is 1. The van der Waals surface area contributed by atoms with Crippen LogP contribution >= 0.6 is 0 Å². The molecule has 2 rings (SSSR count).